The first-order chi connectivity index (χ1) is 11.5. The summed E-state index contributed by atoms with van der Waals surface area (Å²) in [4.78, 5) is 12.2. The van der Waals surface area contributed by atoms with Gasteiger partial charge in [0.15, 0.2) is 0 Å². The highest BCUT2D eigenvalue weighted by molar-refractivity contribution is 5.79. The van der Waals surface area contributed by atoms with Gasteiger partial charge in [-0.25, -0.2) is 4.79 Å². The maximum absolute atomic E-state index is 12.2. The van der Waals surface area contributed by atoms with E-state index >= 15 is 0 Å². The van der Waals surface area contributed by atoms with E-state index in [2.05, 4.69) is 0 Å². The van der Waals surface area contributed by atoms with Crippen molar-refractivity contribution in [3.63, 3.8) is 0 Å². The lowest BCUT2D eigenvalue weighted by molar-refractivity contribution is -0.378. The largest absolute Gasteiger partial charge is 0.479 e. The minimum atomic E-state index is -2.18. The molecule has 0 saturated heterocycles. The van der Waals surface area contributed by atoms with Crippen molar-refractivity contribution in [1.29, 1.82) is 0 Å². The van der Waals surface area contributed by atoms with Crippen molar-refractivity contribution < 1.29 is 29.2 Å². The van der Waals surface area contributed by atoms with Crippen LogP contribution in [-0.2, 0) is 19.0 Å². The number of hydrogen-bond donors (Lipinski definition) is 2. The highest BCUT2D eigenvalue weighted by Gasteiger charge is 2.64. The molecule has 1 fully saturated rings. The van der Waals surface area contributed by atoms with Gasteiger partial charge in [-0.05, 0) is 60.8 Å². The normalized spacial score (nSPS) is 28.0. The third-order valence-corrected chi connectivity index (χ3v) is 4.37. The Morgan fingerprint density at radius 3 is 1.88 bits per heavy atom. The van der Waals surface area contributed by atoms with Gasteiger partial charge >= 0.3 is 5.97 Å². The summed E-state index contributed by atoms with van der Waals surface area (Å²) in [5.74, 6) is -3.08. The first-order valence-electron chi connectivity index (χ1n) is 9.52. The molecule has 2 atom stereocenters. The number of carboxylic acid groups (broad SMARTS) is 1. The average Bonchev–Trinajstić information content (AvgIpc) is 2.51. The van der Waals surface area contributed by atoms with Crippen LogP contribution in [0, 0.1) is 0 Å². The number of rotatable bonds is 7. The predicted molar refractivity (Wildman–Crippen MR) is 95.5 cm³/mol. The Kier molecular flexibility index (Phi) is 8.32. The molecule has 1 rings (SSSR count). The molecule has 25 heavy (non-hydrogen) atoms. The SMILES string of the molecule is CC(C)OC1CCCCCCC(O)(C(=O)O)C1(OC(C)C)OC(C)C. The number of carbonyl (C=O) groups is 1. The molecule has 6 heteroatoms. The Bertz CT molecular complexity index is 410. The predicted octanol–water partition coefficient (Wildman–Crippen LogP) is 3.50. The van der Waals surface area contributed by atoms with Crippen molar-refractivity contribution in [2.75, 3.05) is 0 Å². The van der Waals surface area contributed by atoms with Gasteiger partial charge < -0.3 is 24.4 Å². The molecule has 0 aromatic carbocycles. The van der Waals surface area contributed by atoms with Crippen LogP contribution < -0.4 is 0 Å². The molecular weight excluding hydrogens is 324 g/mol. The van der Waals surface area contributed by atoms with Crippen molar-refractivity contribution in [3.8, 4) is 0 Å². The first kappa shape index (κ1) is 22.4. The van der Waals surface area contributed by atoms with Crippen LogP contribution in [0.1, 0.15) is 80.1 Å². The molecule has 2 unspecified atom stereocenters. The summed E-state index contributed by atoms with van der Waals surface area (Å²) in [5.41, 5.74) is -2.18. The highest BCUT2D eigenvalue weighted by atomic mass is 16.7. The van der Waals surface area contributed by atoms with E-state index in [0.29, 0.717) is 12.8 Å². The van der Waals surface area contributed by atoms with Gasteiger partial charge in [0.25, 0.3) is 0 Å². The lowest BCUT2D eigenvalue weighted by Crippen LogP contribution is -2.69. The van der Waals surface area contributed by atoms with E-state index < -0.39 is 23.5 Å². The van der Waals surface area contributed by atoms with Crippen molar-refractivity contribution in [1.82, 2.24) is 0 Å². The molecular formula is C19H36O6. The van der Waals surface area contributed by atoms with E-state index in [0.717, 1.165) is 19.3 Å². The van der Waals surface area contributed by atoms with Crippen LogP contribution in [0.2, 0.25) is 0 Å². The van der Waals surface area contributed by atoms with Gasteiger partial charge in [0.1, 0.15) is 6.10 Å². The van der Waals surface area contributed by atoms with Crippen LogP contribution in [-0.4, -0.2) is 52.0 Å². The Hall–Kier alpha value is -0.690. The van der Waals surface area contributed by atoms with Gasteiger partial charge in [0.2, 0.25) is 11.4 Å². The summed E-state index contributed by atoms with van der Waals surface area (Å²) < 4.78 is 18.3. The van der Waals surface area contributed by atoms with E-state index in [9.17, 15) is 15.0 Å². The van der Waals surface area contributed by atoms with Crippen molar-refractivity contribution >= 4 is 5.97 Å². The standard InChI is InChI=1S/C19H36O6/c1-13(2)23-16-11-9-7-8-10-12-18(22,17(20)21)19(16,24-14(3)4)25-15(5)6/h13-16,22H,7-12H2,1-6H3,(H,20,21). The third-order valence-electron chi connectivity index (χ3n) is 4.37. The Labute approximate surface area is 151 Å². The summed E-state index contributed by atoms with van der Waals surface area (Å²) in [5, 5.41) is 21.3. The quantitative estimate of drug-likeness (QED) is 0.676. The summed E-state index contributed by atoms with van der Waals surface area (Å²) in [6, 6.07) is 0. The van der Waals surface area contributed by atoms with Crippen molar-refractivity contribution in [2.24, 2.45) is 0 Å². The number of ether oxygens (including phenoxy) is 3. The number of carboxylic acids is 1. The summed E-state index contributed by atoms with van der Waals surface area (Å²) in [6.45, 7) is 11.0. The van der Waals surface area contributed by atoms with Crippen molar-refractivity contribution in [2.45, 2.75) is 116 Å². The molecule has 1 saturated carbocycles. The monoisotopic (exact) mass is 360 g/mol. The molecule has 0 aromatic rings. The first-order valence-corrected chi connectivity index (χ1v) is 9.52. The van der Waals surface area contributed by atoms with Gasteiger partial charge in [-0.3, -0.25) is 0 Å². The number of aliphatic carboxylic acids is 1. The Balaban J connectivity index is 3.55. The van der Waals surface area contributed by atoms with E-state index in [1.807, 2.05) is 41.5 Å². The molecule has 0 amide bonds. The zero-order valence-corrected chi connectivity index (χ0v) is 16.6. The molecule has 148 valence electrons. The van der Waals surface area contributed by atoms with E-state index in [1.54, 1.807) is 0 Å². The summed E-state index contributed by atoms with van der Waals surface area (Å²) in [7, 11) is 0. The van der Waals surface area contributed by atoms with Gasteiger partial charge in [-0.15, -0.1) is 0 Å². The zero-order chi connectivity index (χ0) is 19.3. The second-order valence-corrected chi connectivity index (χ2v) is 7.79. The second-order valence-electron chi connectivity index (χ2n) is 7.79. The second kappa shape index (κ2) is 9.31. The fraction of sp³-hybridized carbons (Fsp3) is 0.947. The fourth-order valence-corrected chi connectivity index (χ4v) is 3.51. The smallest absolute Gasteiger partial charge is 0.341 e. The molecule has 0 spiro atoms. The van der Waals surface area contributed by atoms with E-state index in [1.165, 1.54) is 0 Å². The third kappa shape index (κ3) is 5.39. The highest BCUT2D eigenvalue weighted by Crippen LogP contribution is 2.42. The maximum Gasteiger partial charge on any atom is 0.341 e. The van der Waals surface area contributed by atoms with Gasteiger partial charge in [0, 0.05) is 0 Å². The lowest BCUT2D eigenvalue weighted by Gasteiger charge is -2.49. The maximum atomic E-state index is 12.2. The van der Waals surface area contributed by atoms with Gasteiger partial charge in [-0.2, -0.15) is 0 Å². The van der Waals surface area contributed by atoms with Crippen LogP contribution in [0.3, 0.4) is 0 Å². The number of hydrogen-bond acceptors (Lipinski definition) is 5. The van der Waals surface area contributed by atoms with E-state index in [4.69, 9.17) is 14.2 Å². The average molecular weight is 360 g/mol. The van der Waals surface area contributed by atoms with Crippen LogP contribution in [0.15, 0.2) is 0 Å². The van der Waals surface area contributed by atoms with Crippen LogP contribution in [0.25, 0.3) is 0 Å². The zero-order valence-electron chi connectivity index (χ0n) is 16.6. The Morgan fingerprint density at radius 1 is 0.920 bits per heavy atom. The van der Waals surface area contributed by atoms with Crippen molar-refractivity contribution in [3.05, 3.63) is 0 Å². The topological polar surface area (TPSA) is 85.2 Å². The molecule has 0 bridgehead atoms. The minimum Gasteiger partial charge on any atom is -0.479 e. The summed E-state index contributed by atoms with van der Waals surface area (Å²) >= 11 is 0. The van der Waals surface area contributed by atoms with Gasteiger partial charge in [0.05, 0.1) is 18.3 Å². The molecule has 1 aliphatic rings. The van der Waals surface area contributed by atoms with Gasteiger partial charge in [-0.1, -0.05) is 19.3 Å². The molecule has 0 radical (unpaired) electrons. The minimum absolute atomic E-state index is 0.0692. The Morgan fingerprint density at radius 2 is 1.44 bits per heavy atom. The van der Waals surface area contributed by atoms with Crippen LogP contribution >= 0.6 is 0 Å². The van der Waals surface area contributed by atoms with Crippen LogP contribution in [0.5, 0.6) is 0 Å². The molecule has 1 aliphatic carbocycles. The molecule has 0 heterocycles. The molecule has 6 nitrogen and oxygen atoms in total. The molecule has 2 N–H and O–H groups in total. The van der Waals surface area contributed by atoms with Crippen LogP contribution in [0.4, 0.5) is 0 Å². The lowest BCUT2D eigenvalue weighted by atomic mass is 9.82. The summed E-state index contributed by atoms with van der Waals surface area (Å²) in [6.07, 6.45) is 2.47. The fourth-order valence-electron chi connectivity index (χ4n) is 3.51. The molecule has 0 aromatic heterocycles. The molecule has 0 aliphatic heterocycles. The number of aliphatic hydroxyl groups is 1. The van der Waals surface area contributed by atoms with E-state index in [-0.39, 0.29) is 24.7 Å².